The van der Waals surface area contributed by atoms with Gasteiger partial charge in [-0.2, -0.15) is 0 Å². The van der Waals surface area contributed by atoms with Crippen LogP contribution in [0.25, 0.3) is 0 Å². The van der Waals surface area contributed by atoms with Crippen LogP contribution in [-0.4, -0.2) is 24.4 Å². The summed E-state index contributed by atoms with van der Waals surface area (Å²) in [6, 6.07) is 5.32. The number of amides is 1. The van der Waals surface area contributed by atoms with Crippen LogP contribution in [0.15, 0.2) is 18.2 Å². The Morgan fingerprint density at radius 3 is 2.33 bits per heavy atom. The molecule has 1 aliphatic rings. The number of rotatable bonds is 3. The number of benzene rings is 1. The first-order valence-corrected chi connectivity index (χ1v) is 7.06. The van der Waals surface area contributed by atoms with Crippen LogP contribution in [0.2, 0.25) is 5.02 Å². The molecule has 1 heterocycles. The Morgan fingerprint density at radius 2 is 1.86 bits per heavy atom. The summed E-state index contributed by atoms with van der Waals surface area (Å²) < 4.78 is 16.6. The van der Waals surface area contributed by atoms with Gasteiger partial charge in [0.2, 0.25) is 0 Å². The standard InChI is InChI=1S/C14H19BClNO4/c1-13(2)14(3,4)21-15(20-13)10-6-5-9(7-11(10)16)8-19-12(17)18/h5-7H,8H2,1-4H3,(H2,17,18). The average Bonchev–Trinajstić information content (AvgIpc) is 2.55. The Kier molecular flexibility index (Phi) is 4.24. The number of primary amides is 1. The van der Waals surface area contributed by atoms with E-state index in [4.69, 9.17) is 31.4 Å². The molecule has 1 aromatic rings. The van der Waals surface area contributed by atoms with Gasteiger partial charge in [0.25, 0.3) is 0 Å². The number of carbonyl (C=O) groups excluding carboxylic acids is 1. The van der Waals surface area contributed by atoms with E-state index in [1.54, 1.807) is 12.1 Å². The fraction of sp³-hybridized carbons (Fsp3) is 0.500. The quantitative estimate of drug-likeness (QED) is 0.869. The molecule has 2 N–H and O–H groups in total. The summed E-state index contributed by atoms with van der Waals surface area (Å²) in [4.78, 5) is 10.6. The summed E-state index contributed by atoms with van der Waals surface area (Å²) in [6.45, 7) is 8.01. The molecule has 1 aromatic carbocycles. The average molecular weight is 312 g/mol. The van der Waals surface area contributed by atoms with Crippen molar-refractivity contribution in [3.63, 3.8) is 0 Å². The molecule has 7 heteroatoms. The zero-order valence-corrected chi connectivity index (χ0v) is 13.4. The highest BCUT2D eigenvalue weighted by atomic mass is 35.5. The van der Waals surface area contributed by atoms with Gasteiger partial charge in [-0.25, -0.2) is 4.79 Å². The molecule has 5 nitrogen and oxygen atoms in total. The van der Waals surface area contributed by atoms with Gasteiger partial charge < -0.3 is 19.8 Å². The number of halogens is 1. The molecule has 0 unspecified atom stereocenters. The number of carbonyl (C=O) groups is 1. The van der Waals surface area contributed by atoms with Crippen LogP contribution in [0.1, 0.15) is 33.3 Å². The smallest absolute Gasteiger partial charge is 0.445 e. The molecule has 1 amide bonds. The normalized spacial score (nSPS) is 19.6. The second-order valence-electron chi connectivity index (χ2n) is 6.05. The molecule has 0 saturated carbocycles. The van der Waals surface area contributed by atoms with E-state index in [1.165, 1.54) is 0 Å². The second kappa shape index (κ2) is 5.52. The fourth-order valence-corrected chi connectivity index (χ4v) is 2.27. The third kappa shape index (κ3) is 3.34. The van der Waals surface area contributed by atoms with E-state index in [2.05, 4.69) is 0 Å². The van der Waals surface area contributed by atoms with Crippen molar-refractivity contribution in [1.82, 2.24) is 0 Å². The molecule has 0 bridgehead atoms. The molecular weight excluding hydrogens is 292 g/mol. The van der Waals surface area contributed by atoms with E-state index in [-0.39, 0.29) is 6.61 Å². The first-order valence-electron chi connectivity index (χ1n) is 6.68. The van der Waals surface area contributed by atoms with E-state index >= 15 is 0 Å². The minimum atomic E-state index is -0.818. The van der Waals surface area contributed by atoms with Crippen LogP contribution < -0.4 is 11.2 Å². The number of hydrogen-bond acceptors (Lipinski definition) is 4. The van der Waals surface area contributed by atoms with E-state index in [9.17, 15) is 4.79 Å². The monoisotopic (exact) mass is 311 g/mol. The summed E-state index contributed by atoms with van der Waals surface area (Å²) in [5.74, 6) is 0. The van der Waals surface area contributed by atoms with Crippen LogP contribution in [0, 0.1) is 0 Å². The molecule has 1 fully saturated rings. The first-order chi connectivity index (χ1) is 9.62. The highest BCUT2D eigenvalue weighted by Crippen LogP contribution is 2.37. The molecule has 114 valence electrons. The van der Waals surface area contributed by atoms with Gasteiger partial charge in [0.1, 0.15) is 6.61 Å². The number of nitrogens with two attached hydrogens (primary N) is 1. The molecule has 0 aromatic heterocycles. The Hall–Kier alpha value is -1.24. The van der Waals surface area contributed by atoms with Crippen LogP contribution in [0.3, 0.4) is 0 Å². The summed E-state index contributed by atoms with van der Waals surface area (Å²) in [7, 11) is -0.520. The maximum absolute atomic E-state index is 10.6. The van der Waals surface area contributed by atoms with Gasteiger partial charge in [0.05, 0.1) is 11.2 Å². The largest absolute Gasteiger partial charge is 0.496 e. The first kappa shape index (κ1) is 16.1. The highest BCUT2D eigenvalue weighted by Gasteiger charge is 2.52. The lowest BCUT2D eigenvalue weighted by atomic mass is 9.78. The molecule has 0 atom stereocenters. The van der Waals surface area contributed by atoms with Crippen molar-refractivity contribution in [2.75, 3.05) is 0 Å². The third-order valence-electron chi connectivity index (χ3n) is 3.95. The van der Waals surface area contributed by atoms with Crippen LogP contribution >= 0.6 is 11.6 Å². The van der Waals surface area contributed by atoms with Crippen molar-refractivity contribution >= 4 is 30.3 Å². The van der Waals surface area contributed by atoms with Crippen LogP contribution in [0.4, 0.5) is 4.79 Å². The molecule has 21 heavy (non-hydrogen) atoms. The molecular formula is C14H19BClNO4. The van der Waals surface area contributed by atoms with E-state index < -0.39 is 24.4 Å². The lowest BCUT2D eigenvalue weighted by Gasteiger charge is -2.32. The number of hydrogen-bond donors (Lipinski definition) is 1. The van der Waals surface area contributed by atoms with Crippen molar-refractivity contribution < 1.29 is 18.8 Å². The van der Waals surface area contributed by atoms with Crippen LogP contribution in [0.5, 0.6) is 0 Å². The highest BCUT2D eigenvalue weighted by molar-refractivity contribution is 6.65. The molecule has 1 aliphatic heterocycles. The number of ether oxygens (including phenoxy) is 1. The summed E-state index contributed by atoms with van der Waals surface area (Å²) in [5.41, 5.74) is 5.59. The lowest BCUT2D eigenvalue weighted by Crippen LogP contribution is -2.41. The Labute approximate surface area is 129 Å². The summed E-state index contributed by atoms with van der Waals surface area (Å²) >= 11 is 6.28. The van der Waals surface area contributed by atoms with E-state index in [1.807, 2.05) is 33.8 Å². The van der Waals surface area contributed by atoms with Gasteiger partial charge in [0.15, 0.2) is 0 Å². The van der Waals surface area contributed by atoms with Crippen molar-refractivity contribution in [2.24, 2.45) is 5.73 Å². The van der Waals surface area contributed by atoms with E-state index in [0.29, 0.717) is 5.02 Å². The summed E-state index contributed by atoms with van der Waals surface area (Å²) in [6.07, 6.45) is -0.818. The minimum absolute atomic E-state index is 0.0820. The molecule has 0 aliphatic carbocycles. The predicted molar refractivity (Wildman–Crippen MR) is 81.5 cm³/mol. The Balaban J connectivity index is 2.17. The Morgan fingerprint density at radius 1 is 1.29 bits per heavy atom. The maximum atomic E-state index is 10.6. The fourth-order valence-electron chi connectivity index (χ4n) is 1.98. The van der Waals surface area contributed by atoms with Crippen LogP contribution in [-0.2, 0) is 20.7 Å². The molecule has 2 rings (SSSR count). The molecule has 1 saturated heterocycles. The predicted octanol–water partition coefficient (Wildman–Crippen LogP) is 2.23. The third-order valence-corrected chi connectivity index (χ3v) is 4.28. The van der Waals surface area contributed by atoms with Crippen molar-refractivity contribution in [3.05, 3.63) is 28.8 Å². The van der Waals surface area contributed by atoms with E-state index in [0.717, 1.165) is 11.0 Å². The minimum Gasteiger partial charge on any atom is -0.445 e. The van der Waals surface area contributed by atoms with Gasteiger partial charge >= 0.3 is 13.2 Å². The van der Waals surface area contributed by atoms with Gasteiger partial charge in [-0.05, 0) is 39.3 Å². The van der Waals surface area contributed by atoms with Gasteiger partial charge in [-0.15, -0.1) is 0 Å². The SMILES string of the molecule is CC1(C)OB(c2ccc(COC(N)=O)cc2Cl)OC1(C)C. The second-order valence-corrected chi connectivity index (χ2v) is 6.46. The van der Waals surface area contributed by atoms with Gasteiger partial charge in [-0.3, -0.25) is 0 Å². The zero-order valence-electron chi connectivity index (χ0n) is 12.6. The maximum Gasteiger partial charge on any atom is 0.496 e. The molecule has 0 spiro atoms. The summed E-state index contributed by atoms with van der Waals surface area (Å²) in [5, 5.41) is 0.499. The Bertz CT molecular complexity index is 546. The molecule has 0 radical (unpaired) electrons. The zero-order chi connectivity index (χ0) is 15.8. The van der Waals surface area contributed by atoms with Crippen molar-refractivity contribution in [1.29, 1.82) is 0 Å². The van der Waals surface area contributed by atoms with Crippen molar-refractivity contribution in [3.8, 4) is 0 Å². The topological polar surface area (TPSA) is 70.8 Å². The van der Waals surface area contributed by atoms with Gasteiger partial charge in [0, 0.05) is 10.5 Å². The lowest BCUT2D eigenvalue weighted by molar-refractivity contribution is 0.00578. The van der Waals surface area contributed by atoms with Crippen molar-refractivity contribution in [2.45, 2.75) is 45.5 Å². The van der Waals surface area contributed by atoms with Gasteiger partial charge in [-0.1, -0.05) is 23.7 Å².